The highest BCUT2D eigenvalue weighted by Crippen LogP contribution is 2.23. The van der Waals surface area contributed by atoms with Gasteiger partial charge in [-0.2, -0.15) is 0 Å². The van der Waals surface area contributed by atoms with Crippen molar-refractivity contribution in [2.24, 2.45) is 0 Å². The lowest BCUT2D eigenvalue weighted by Crippen LogP contribution is -2.22. The first-order valence-electron chi connectivity index (χ1n) is 6.83. The number of fused-ring (bicyclic) bond motifs is 1. The third-order valence-electron chi connectivity index (χ3n) is 3.68. The third-order valence-corrected chi connectivity index (χ3v) is 4.74. The Hall–Kier alpha value is -1.65. The molecule has 0 radical (unpaired) electrons. The lowest BCUT2D eigenvalue weighted by Gasteiger charge is -2.19. The normalized spacial score (nSPS) is 15.6. The highest BCUT2D eigenvalue weighted by molar-refractivity contribution is 7.13. The Balaban J connectivity index is 1.73. The number of carboxylic acids is 1. The van der Waals surface area contributed by atoms with E-state index < -0.39 is 5.97 Å². The Kier molecular flexibility index (Phi) is 3.85. The van der Waals surface area contributed by atoms with Gasteiger partial charge in [0, 0.05) is 18.0 Å². The lowest BCUT2D eigenvalue weighted by atomic mass is 10.0. The molecule has 0 fully saturated rings. The van der Waals surface area contributed by atoms with Crippen LogP contribution in [0.4, 0.5) is 0 Å². The van der Waals surface area contributed by atoms with Crippen molar-refractivity contribution >= 4 is 17.3 Å². The lowest BCUT2D eigenvalue weighted by molar-refractivity contribution is 0.0702. The summed E-state index contributed by atoms with van der Waals surface area (Å²) in [4.78, 5) is 14.9. The van der Waals surface area contributed by atoms with Gasteiger partial charge in [0.2, 0.25) is 0 Å². The monoisotopic (exact) mass is 287 g/mol. The van der Waals surface area contributed by atoms with E-state index in [0.717, 1.165) is 37.4 Å². The number of nitrogens with zero attached hydrogens (tertiary/aromatic N) is 1. The number of hydrogen-bond acceptors (Lipinski definition) is 3. The van der Waals surface area contributed by atoms with Gasteiger partial charge in [-0.25, -0.2) is 4.79 Å². The van der Waals surface area contributed by atoms with Crippen LogP contribution in [0.25, 0.3) is 0 Å². The number of hydrogen-bond donors (Lipinski definition) is 1. The second-order valence-corrected chi connectivity index (χ2v) is 6.32. The summed E-state index contributed by atoms with van der Waals surface area (Å²) < 4.78 is 0. The summed E-state index contributed by atoms with van der Waals surface area (Å²) >= 11 is 1.38. The van der Waals surface area contributed by atoms with Crippen LogP contribution >= 0.6 is 11.3 Å². The molecule has 0 bridgehead atoms. The number of thiophene rings is 1. The number of aryl methyl sites for hydroxylation is 1. The molecule has 0 aliphatic carbocycles. The van der Waals surface area contributed by atoms with Crippen molar-refractivity contribution in [2.75, 3.05) is 6.54 Å². The van der Waals surface area contributed by atoms with Crippen molar-refractivity contribution in [3.8, 4) is 0 Å². The van der Waals surface area contributed by atoms with Crippen LogP contribution in [0.15, 0.2) is 36.4 Å². The molecule has 0 unspecified atom stereocenters. The number of aromatic carboxylic acids is 1. The van der Waals surface area contributed by atoms with Crippen molar-refractivity contribution < 1.29 is 9.90 Å². The van der Waals surface area contributed by atoms with Gasteiger partial charge in [0.25, 0.3) is 0 Å². The number of carboxylic acid groups (broad SMARTS) is 1. The van der Waals surface area contributed by atoms with E-state index in [9.17, 15) is 4.79 Å². The topological polar surface area (TPSA) is 40.5 Å². The van der Waals surface area contributed by atoms with Crippen molar-refractivity contribution in [1.82, 2.24) is 4.90 Å². The van der Waals surface area contributed by atoms with Crippen LogP contribution in [-0.2, 0) is 19.5 Å². The van der Waals surface area contributed by atoms with E-state index >= 15 is 0 Å². The largest absolute Gasteiger partial charge is 0.477 e. The maximum absolute atomic E-state index is 10.9. The van der Waals surface area contributed by atoms with Gasteiger partial charge >= 0.3 is 5.97 Å². The van der Waals surface area contributed by atoms with Gasteiger partial charge in [-0.3, -0.25) is 4.90 Å². The minimum absolute atomic E-state index is 0.426. The molecule has 104 valence electrons. The van der Waals surface area contributed by atoms with E-state index in [0.29, 0.717) is 4.88 Å². The molecule has 0 atom stereocenters. The van der Waals surface area contributed by atoms with Gasteiger partial charge in [0.15, 0.2) is 0 Å². The van der Waals surface area contributed by atoms with Gasteiger partial charge in [0.05, 0.1) is 0 Å². The van der Waals surface area contributed by atoms with Gasteiger partial charge in [-0.1, -0.05) is 24.3 Å². The van der Waals surface area contributed by atoms with Gasteiger partial charge in [-0.15, -0.1) is 11.3 Å². The summed E-state index contributed by atoms with van der Waals surface area (Å²) in [7, 11) is 0. The summed E-state index contributed by atoms with van der Waals surface area (Å²) in [6.07, 6.45) is 2.30. The molecule has 4 heteroatoms. The molecule has 1 aromatic carbocycles. The summed E-state index contributed by atoms with van der Waals surface area (Å²) in [5, 5.41) is 8.98. The summed E-state index contributed by atoms with van der Waals surface area (Å²) in [5.41, 5.74) is 2.85. The van der Waals surface area contributed by atoms with E-state index in [1.807, 2.05) is 6.07 Å². The van der Waals surface area contributed by atoms with E-state index in [1.165, 1.54) is 22.5 Å². The SMILES string of the molecule is O=C(O)c1ccc(CN2CCCc3ccccc3C2)s1. The predicted molar refractivity (Wildman–Crippen MR) is 80.2 cm³/mol. The molecule has 20 heavy (non-hydrogen) atoms. The van der Waals surface area contributed by atoms with E-state index in [-0.39, 0.29) is 0 Å². The quantitative estimate of drug-likeness (QED) is 0.940. The van der Waals surface area contributed by atoms with Crippen molar-refractivity contribution in [1.29, 1.82) is 0 Å². The molecule has 2 heterocycles. The first kappa shape index (κ1) is 13.3. The van der Waals surface area contributed by atoms with Crippen LogP contribution < -0.4 is 0 Å². The Morgan fingerprint density at radius 3 is 2.75 bits per heavy atom. The van der Waals surface area contributed by atoms with E-state index in [1.54, 1.807) is 6.07 Å². The van der Waals surface area contributed by atoms with Crippen LogP contribution in [0.3, 0.4) is 0 Å². The van der Waals surface area contributed by atoms with Crippen LogP contribution in [0.1, 0.15) is 32.1 Å². The average Bonchev–Trinajstić information content (AvgIpc) is 2.80. The highest BCUT2D eigenvalue weighted by Gasteiger charge is 2.15. The summed E-state index contributed by atoms with van der Waals surface area (Å²) in [6, 6.07) is 12.2. The molecule has 2 aromatic rings. The fourth-order valence-electron chi connectivity index (χ4n) is 2.70. The van der Waals surface area contributed by atoms with Crippen LogP contribution in [0.5, 0.6) is 0 Å². The first-order valence-corrected chi connectivity index (χ1v) is 7.65. The highest BCUT2D eigenvalue weighted by atomic mass is 32.1. The molecule has 1 aliphatic heterocycles. The van der Waals surface area contributed by atoms with Crippen molar-refractivity contribution in [3.05, 3.63) is 57.3 Å². The van der Waals surface area contributed by atoms with Crippen LogP contribution in [0, 0.1) is 0 Å². The molecule has 3 rings (SSSR count). The summed E-state index contributed by atoms with van der Waals surface area (Å²) in [6.45, 7) is 2.86. The Morgan fingerprint density at radius 2 is 2.00 bits per heavy atom. The Bertz CT molecular complexity index is 620. The molecule has 0 amide bonds. The third kappa shape index (κ3) is 2.92. The Morgan fingerprint density at radius 1 is 1.20 bits per heavy atom. The zero-order valence-electron chi connectivity index (χ0n) is 11.2. The van der Waals surface area contributed by atoms with E-state index in [2.05, 4.69) is 29.2 Å². The number of rotatable bonds is 3. The summed E-state index contributed by atoms with van der Waals surface area (Å²) in [5.74, 6) is -0.831. The maximum atomic E-state index is 10.9. The van der Waals surface area contributed by atoms with Crippen molar-refractivity contribution in [3.63, 3.8) is 0 Å². The maximum Gasteiger partial charge on any atom is 0.345 e. The van der Waals surface area contributed by atoms with Crippen molar-refractivity contribution in [2.45, 2.75) is 25.9 Å². The van der Waals surface area contributed by atoms with Crippen LogP contribution in [-0.4, -0.2) is 22.5 Å². The fraction of sp³-hybridized carbons (Fsp3) is 0.312. The van der Waals surface area contributed by atoms with Gasteiger partial charge in [-0.05, 0) is 42.6 Å². The molecular formula is C16H17NO2S. The minimum atomic E-state index is -0.831. The zero-order chi connectivity index (χ0) is 13.9. The molecule has 0 saturated heterocycles. The second kappa shape index (κ2) is 5.77. The van der Waals surface area contributed by atoms with Gasteiger partial charge < -0.3 is 5.11 Å². The molecule has 3 nitrogen and oxygen atoms in total. The molecular weight excluding hydrogens is 270 g/mol. The number of benzene rings is 1. The number of carbonyl (C=O) groups is 1. The Labute approximate surface area is 122 Å². The fourth-order valence-corrected chi connectivity index (χ4v) is 3.59. The molecule has 1 N–H and O–H groups in total. The standard InChI is InChI=1S/C16H17NO2S/c18-16(19)15-8-7-14(20-15)11-17-9-3-6-12-4-1-2-5-13(12)10-17/h1-2,4-5,7-8H,3,6,9-11H2,(H,18,19). The van der Waals surface area contributed by atoms with E-state index in [4.69, 9.17) is 5.11 Å². The molecule has 0 spiro atoms. The zero-order valence-corrected chi connectivity index (χ0v) is 12.0. The second-order valence-electron chi connectivity index (χ2n) is 5.15. The minimum Gasteiger partial charge on any atom is -0.477 e. The predicted octanol–water partition coefficient (Wildman–Crippen LogP) is 3.39. The smallest absolute Gasteiger partial charge is 0.345 e. The van der Waals surface area contributed by atoms with Crippen LogP contribution in [0.2, 0.25) is 0 Å². The molecule has 1 aromatic heterocycles. The first-order chi connectivity index (χ1) is 9.72. The molecule has 1 aliphatic rings. The molecule has 0 saturated carbocycles. The van der Waals surface area contributed by atoms with Gasteiger partial charge in [0.1, 0.15) is 4.88 Å². The average molecular weight is 287 g/mol.